The molecule has 2 aliphatic rings. The second-order valence-corrected chi connectivity index (χ2v) is 5.08. The van der Waals surface area contributed by atoms with Gasteiger partial charge in [-0.25, -0.2) is 0 Å². The second-order valence-electron chi connectivity index (χ2n) is 5.08. The SMILES string of the molecule is CC(c1ccc2c(c1)OCO2)N1CCNCC1C(=O)O. The summed E-state index contributed by atoms with van der Waals surface area (Å²) in [4.78, 5) is 13.4. The lowest BCUT2D eigenvalue weighted by atomic mass is 10.0. The number of benzene rings is 1. The molecule has 1 aromatic carbocycles. The molecule has 0 spiro atoms. The van der Waals surface area contributed by atoms with Crippen LogP contribution in [0.25, 0.3) is 0 Å². The first-order valence-electron chi connectivity index (χ1n) is 6.75. The van der Waals surface area contributed by atoms with Crippen molar-refractivity contribution < 1.29 is 19.4 Å². The Morgan fingerprint density at radius 2 is 2.25 bits per heavy atom. The number of carboxylic acids is 1. The largest absolute Gasteiger partial charge is 0.480 e. The molecule has 2 N–H and O–H groups in total. The van der Waals surface area contributed by atoms with Gasteiger partial charge in [-0.15, -0.1) is 0 Å². The summed E-state index contributed by atoms with van der Waals surface area (Å²) in [5.74, 6) is 0.692. The third-order valence-corrected chi connectivity index (χ3v) is 3.95. The summed E-state index contributed by atoms with van der Waals surface area (Å²) in [5.41, 5.74) is 1.04. The summed E-state index contributed by atoms with van der Waals surface area (Å²) in [6.45, 7) is 4.27. The molecule has 0 amide bonds. The predicted molar refractivity (Wildman–Crippen MR) is 72.0 cm³/mol. The van der Waals surface area contributed by atoms with Gasteiger partial charge in [0.1, 0.15) is 6.04 Å². The van der Waals surface area contributed by atoms with E-state index in [1.165, 1.54) is 0 Å². The number of fused-ring (bicyclic) bond motifs is 1. The highest BCUT2D eigenvalue weighted by molar-refractivity contribution is 5.74. The number of carboxylic acid groups (broad SMARTS) is 1. The van der Waals surface area contributed by atoms with E-state index in [1.54, 1.807) is 0 Å². The van der Waals surface area contributed by atoms with E-state index < -0.39 is 12.0 Å². The third kappa shape index (κ3) is 2.32. The first kappa shape index (κ1) is 13.2. The lowest BCUT2D eigenvalue weighted by Gasteiger charge is -2.38. The fraction of sp³-hybridized carbons (Fsp3) is 0.500. The molecule has 2 atom stereocenters. The van der Waals surface area contributed by atoms with E-state index >= 15 is 0 Å². The number of piperazine rings is 1. The van der Waals surface area contributed by atoms with Crippen LogP contribution in [0.5, 0.6) is 11.5 Å². The average molecular weight is 278 g/mol. The number of nitrogens with one attached hydrogen (secondary N) is 1. The van der Waals surface area contributed by atoms with Crippen molar-refractivity contribution in [1.82, 2.24) is 10.2 Å². The van der Waals surface area contributed by atoms with Crippen LogP contribution in [0.3, 0.4) is 0 Å². The Hall–Kier alpha value is -1.79. The van der Waals surface area contributed by atoms with E-state index in [-0.39, 0.29) is 12.8 Å². The zero-order chi connectivity index (χ0) is 14.1. The Bertz CT molecular complexity index is 520. The molecule has 1 saturated heterocycles. The lowest BCUT2D eigenvalue weighted by molar-refractivity contribution is -0.145. The molecular weight excluding hydrogens is 260 g/mol. The highest BCUT2D eigenvalue weighted by atomic mass is 16.7. The van der Waals surface area contributed by atoms with Crippen molar-refractivity contribution >= 4 is 5.97 Å². The molecule has 0 aliphatic carbocycles. The van der Waals surface area contributed by atoms with Crippen LogP contribution in [0.4, 0.5) is 0 Å². The van der Waals surface area contributed by atoms with Crippen LogP contribution in [-0.4, -0.2) is 48.4 Å². The highest BCUT2D eigenvalue weighted by Crippen LogP contribution is 2.35. The van der Waals surface area contributed by atoms with Gasteiger partial charge >= 0.3 is 5.97 Å². The van der Waals surface area contributed by atoms with Gasteiger partial charge in [0.05, 0.1) is 0 Å². The van der Waals surface area contributed by atoms with Crippen LogP contribution in [0.2, 0.25) is 0 Å². The van der Waals surface area contributed by atoms with Gasteiger partial charge in [0.2, 0.25) is 6.79 Å². The van der Waals surface area contributed by atoms with Gasteiger partial charge in [0, 0.05) is 25.7 Å². The van der Waals surface area contributed by atoms with E-state index in [2.05, 4.69) is 5.32 Å². The zero-order valence-corrected chi connectivity index (χ0v) is 11.3. The van der Waals surface area contributed by atoms with Crippen LogP contribution in [-0.2, 0) is 4.79 Å². The molecular formula is C14H18N2O4. The maximum atomic E-state index is 11.4. The van der Waals surface area contributed by atoms with Crippen molar-refractivity contribution in [3.05, 3.63) is 23.8 Å². The Morgan fingerprint density at radius 3 is 3.05 bits per heavy atom. The summed E-state index contributed by atoms with van der Waals surface area (Å²) in [6, 6.07) is 5.32. The summed E-state index contributed by atoms with van der Waals surface area (Å²) < 4.78 is 10.7. The van der Waals surface area contributed by atoms with Crippen LogP contribution in [0, 0.1) is 0 Å². The molecule has 2 unspecified atom stereocenters. The Kier molecular flexibility index (Phi) is 3.50. The number of nitrogens with zero attached hydrogens (tertiary/aromatic N) is 1. The second kappa shape index (κ2) is 5.30. The van der Waals surface area contributed by atoms with Gasteiger partial charge in [-0.05, 0) is 24.6 Å². The van der Waals surface area contributed by atoms with Crippen molar-refractivity contribution in [3.63, 3.8) is 0 Å². The van der Waals surface area contributed by atoms with Gasteiger partial charge in [0.25, 0.3) is 0 Å². The minimum Gasteiger partial charge on any atom is -0.480 e. The molecule has 20 heavy (non-hydrogen) atoms. The quantitative estimate of drug-likeness (QED) is 0.853. The van der Waals surface area contributed by atoms with E-state index in [4.69, 9.17) is 9.47 Å². The Labute approximate surface area is 117 Å². The van der Waals surface area contributed by atoms with Crippen molar-refractivity contribution in [1.29, 1.82) is 0 Å². The monoisotopic (exact) mass is 278 g/mol. The molecule has 108 valence electrons. The smallest absolute Gasteiger partial charge is 0.322 e. The molecule has 0 radical (unpaired) electrons. The molecule has 1 aromatic rings. The summed E-state index contributed by atoms with van der Waals surface area (Å²) in [5, 5.41) is 12.5. The van der Waals surface area contributed by atoms with Crippen molar-refractivity contribution in [2.75, 3.05) is 26.4 Å². The number of rotatable bonds is 3. The minimum absolute atomic E-state index is 0.0210. The van der Waals surface area contributed by atoms with Crippen molar-refractivity contribution in [2.45, 2.75) is 19.0 Å². The van der Waals surface area contributed by atoms with E-state index in [9.17, 15) is 9.90 Å². The van der Waals surface area contributed by atoms with Gasteiger partial charge in [0.15, 0.2) is 11.5 Å². The van der Waals surface area contributed by atoms with E-state index in [0.29, 0.717) is 13.1 Å². The predicted octanol–water partition coefficient (Wildman–Crippen LogP) is 0.835. The first-order chi connectivity index (χ1) is 9.66. The number of ether oxygens (including phenoxy) is 2. The molecule has 1 fully saturated rings. The van der Waals surface area contributed by atoms with Gasteiger partial charge < -0.3 is 19.9 Å². The normalized spacial score (nSPS) is 23.6. The Morgan fingerprint density at radius 1 is 1.45 bits per heavy atom. The molecule has 6 nitrogen and oxygen atoms in total. The van der Waals surface area contributed by atoms with Crippen molar-refractivity contribution in [3.8, 4) is 11.5 Å². The maximum Gasteiger partial charge on any atom is 0.322 e. The standard InChI is InChI=1S/C14H18N2O4/c1-9(16-5-4-15-7-11(16)14(17)18)10-2-3-12-13(6-10)20-8-19-12/h2-3,6,9,11,15H,4-5,7-8H2,1H3,(H,17,18). The molecule has 2 aliphatic heterocycles. The first-order valence-corrected chi connectivity index (χ1v) is 6.75. The molecule has 2 heterocycles. The van der Waals surface area contributed by atoms with Crippen molar-refractivity contribution in [2.24, 2.45) is 0 Å². The molecule has 0 saturated carbocycles. The fourth-order valence-corrected chi connectivity index (χ4v) is 2.78. The number of hydrogen-bond donors (Lipinski definition) is 2. The third-order valence-electron chi connectivity index (χ3n) is 3.95. The molecule has 6 heteroatoms. The lowest BCUT2D eigenvalue weighted by Crippen LogP contribution is -2.55. The topological polar surface area (TPSA) is 71.0 Å². The molecule has 0 aromatic heterocycles. The average Bonchev–Trinajstić information content (AvgIpc) is 2.93. The van der Waals surface area contributed by atoms with Gasteiger partial charge in [-0.2, -0.15) is 0 Å². The van der Waals surface area contributed by atoms with Gasteiger partial charge in [-0.3, -0.25) is 9.69 Å². The number of hydrogen-bond acceptors (Lipinski definition) is 5. The fourth-order valence-electron chi connectivity index (χ4n) is 2.78. The number of carbonyl (C=O) groups is 1. The minimum atomic E-state index is -0.787. The summed E-state index contributed by atoms with van der Waals surface area (Å²) in [7, 11) is 0. The summed E-state index contributed by atoms with van der Waals surface area (Å²) in [6.07, 6.45) is 0. The van der Waals surface area contributed by atoms with Crippen LogP contribution >= 0.6 is 0 Å². The van der Waals surface area contributed by atoms with Crippen LogP contribution < -0.4 is 14.8 Å². The number of aliphatic carboxylic acids is 1. The van der Waals surface area contributed by atoms with Crippen LogP contribution in [0.1, 0.15) is 18.5 Å². The van der Waals surface area contributed by atoms with Crippen LogP contribution in [0.15, 0.2) is 18.2 Å². The molecule has 0 bridgehead atoms. The Balaban J connectivity index is 1.83. The molecule has 3 rings (SSSR count). The van der Waals surface area contributed by atoms with Gasteiger partial charge in [-0.1, -0.05) is 6.07 Å². The summed E-state index contributed by atoms with van der Waals surface area (Å²) >= 11 is 0. The maximum absolute atomic E-state index is 11.4. The highest BCUT2D eigenvalue weighted by Gasteiger charge is 2.32. The van der Waals surface area contributed by atoms with E-state index in [1.807, 2.05) is 30.0 Å². The zero-order valence-electron chi connectivity index (χ0n) is 11.3. The van der Waals surface area contributed by atoms with E-state index in [0.717, 1.165) is 23.6 Å².